The van der Waals surface area contributed by atoms with Gasteiger partial charge in [0.25, 0.3) is 0 Å². The van der Waals surface area contributed by atoms with Gasteiger partial charge in [-0.2, -0.15) is 9.97 Å². The van der Waals surface area contributed by atoms with E-state index in [9.17, 15) is 15.3 Å². The number of anilines is 2. The van der Waals surface area contributed by atoms with Crippen molar-refractivity contribution >= 4 is 46.3 Å². The molecule has 1 aliphatic rings. The molecule has 11 heteroatoms. The molecule has 1 aliphatic carbocycles. The van der Waals surface area contributed by atoms with E-state index in [0.717, 1.165) is 0 Å². The average Bonchev–Trinajstić information content (AvgIpc) is 2.90. The lowest BCUT2D eigenvalue weighted by molar-refractivity contribution is 0.00446. The minimum atomic E-state index is -1.11. The topological polar surface area (TPSA) is 149 Å². The summed E-state index contributed by atoms with van der Waals surface area (Å²) in [6.45, 7) is -0.248. The molecule has 1 fully saturated rings. The summed E-state index contributed by atoms with van der Waals surface area (Å²) in [5.41, 5.74) is 6.19. The van der Waals surface area contributed by atoms with Crippen molar-refractivity contribution in [3.63, 3.8) is 0 Å². The number of aliphatic hydroxyl groups excluding tert-OH is 3. The number of nitrogen functional groups attached to an aromatic ring is 1. The van der Waals surface area contributed by atoms with Crippen LogP contribution in [0.4, 0.5) is 23.1 Å². The molecule has 4 atom stereocenters. The van der Waals surface area contributed by atoms with Gasteiger partial charge in [-0.3, -0.25) is 0 Å². The van der Waals surface area contributed by atoms with Crippen molar-refractivity contribution in [1.29, 1.82) is 0 Å². The molecule has 0 aliphatic heterocycles. The average molecular weight is 413 g/mol. The highest BCUT2D eigenvalue weighted by atomic mass is 35.5. The van der Waals surface area contributed by atoms with Crippen LogP contribution in [0.5, 0.6) is 0 Å². The Morgan fingerprint density at radius 3 is 2.56 bits per heavy atom. The molecule has 144 valence electrons. The third-order valence-electron chi connectivity index (χ3n) is 4.33. The highest BCUT2D eigenvalue weighted by Crippen LogP contribution is 2.36. The van der Waals surface area contributed by atoms with Gasteiger partial charge in [0.15, 0.2) is 16.7 Å². The maximum atomic E-state index is 10.2. The van der Waals surface area contributed by atoms with Crippen molar-refractivity contribution in [3.05, 3.63) is 34.4 Å². The highest BCUT2D eigenvalue weighted by molar-refractivity contribution is 6.33. The predicted octanol–water partition coefficient (Wildman–Crippen LogP) is 2.30. The SMILES string of the molecule is Nc1nc(Cl)c(/N=N/c2ccccc2Cl)c(N[C@@H]2C[C@H](CO)[C@@H](O)[C@H]2O)n1. The summed E-state index contributed by atoms with van der Waals surface area (Å²) in [4.78, 5) is 7.93. The number of nitrogens with two attached hydrogens (primary N) is 1. The number of benzene rings is 1. The summed E-state index contributed by atoms with van der Waals surface area (Å²) in [5, 5.41) is 40.9. The van der Waals surface area contributed by atoms with E-state index in [-0.39, 0.29) is 29.2 Å². The summed E-state index contributed by atoms with van der Waals surface area (Å²) in [6.07, 6.45) is -1.85. The molecule has 1 aromatic heterocycles. The van der Waals surface area contributed by atoms with Crippen molar-refractivity contribution in [2.45, 2.75) is 24.7 Å². The van der Waals surface area contributed by atoms with Crippen LogP contribution in [0.2, 0.25) is 10.2 Å². The molecule has 2 aromatic rings. The number of nitrogens with zero attached hydrogens (tertiary/aromatic N) is 4. The summed E-state index contributed by atoms with van der Waals surface area (Å²) >= 11 is 12.2. The van der Waals surface area contributed by atoms with Crippen LogP contribution < -0.4 is 11.1 Å². The molecular weight excluding hydrogens is 395 g/mol. The monoisotopic (exact) mass is 412 g/mol. The Morgan fingerprint density at radius 2 is 1.89 bits per heavy atom. The van der Waals surface area contributed by atoms with Gasteiger partial charge >= 0.3 is 0 Å². The van der Waals surface area contributed by atoms with Crippen LogP contribution >= 0.6 is 23.2 Å². The first-order valence-electron chi connectivity index (χ1n) is 8.13. The van der Waals surface area contributed by atoms with Gasteiger partial charge in [-0.05, 0) is 18.6 Å². The first-order chi connectivity index (χ1) is 12.9. The van der Waals surface area contributed by atoms with E-state index in [1.165, 1.54) is 0 Å². The Bertz CT molecular complexity index is 853. The molecule has 0 radical (unpaired) electrons. The number of aromatic nitrogens is 2. The first-order valence-corrected chi connectivity index (χ1v) is 8.89. The Morgan fingerprint density at radius 1 is 1.15 bits per heavy atom. The lowest BCUT2D eigenvalue weighted by Gasteiger charge is -2.19. The van der Waals surface area contributed by atoms with Crippen LogP contribution in [-0.2, 0) is 0 Å². The molecule has 9 nitrogen and oxygen atoms in total. The number of nitrogens with one attached hydrogen (secondary N) is 1. The Hall–Kier alpha value is -2.04. The molecule has 1 saturated carbocycles. The highest BCUT2D eigenvalue weighted by Gasteiger charge is 2.41. The zero-order valence-corrected chi connectivity index (χ0v) is 15.5. The number of hydrogen-bond acceptors (Lipinski definition) is 9. The fraction of sp³-hybridized carbons (Fsp3) is 0.375. The molecule has 0 bridgehead atoms. The third kappa shape index (κ3) is 4.28. The summed E-state index contributed by atoms with van der Waals surface area (Å²) in [7, 11) is 0. The minimum Gasteiger partial charge on any atom is -0.396 e. The molecular formula is C16H18Cl2N6O3. The van der Waals surface area contributed by atoms with Gasteiger partial charge in [0.05, 0.1) is 17.2 Å². The van der Waals surface area contributed by atoms with E-state index in [1.54, 1.807) is 24.3 Å². The van der Waals surface area contributed by atoms with Crippen LogP contribution in [0, 0.1) is 5.92 Å². The summed E-state index contributed by atoms with van der Waals surface area (Å²) < 4.78 is 0. The lowest BCUT2D eigenvalue weighted by Crippen LogP contribution is -2.35. The zero-order chi connectivity index (χ0) is 19.6. The van der Waals surface area contributed by atoms with Gasteiger partial charge in [-0.15, -0.1) is 10.2 Å². The van der Waals surface area contributed by atoms with Crippen LogP contribution in [-0.4, -0.2) is 50.1 Å². The number of hydrogen-bond donors (Lipinski definition) is 5. The molecule has 27 heavy (non-hydrogen) atoms. The van der Waals surface area contributed by atoms with Crippen molar-refractivity contribution in [2.24, 2.45) is 16.1 Å². The zero-order valence-electron chi connectivity index (χ0n) is 14.0. The van der Waals surface area contributed by atoms with Crippen LogP contribution in [0.1, 0.15) is 6.42 Å². The molecule has 0 unspecified atom stereocenters. The smallest absolute Gasteiger partial charge is 0.223 e. The quantitative estimate of drug-likeness (QED) is 0.373. The Labute approximate surface area is 164 Å². The van der Waals surface area contributed by atoms with E-state index < -0.39 is 24.2 Å². The summed E-state index contributed by atoms with van der Waals surface area (Å²) in [5.74, 6) is -0.399. The second-order valence-electron chi connectivity index (χ2n) is 6.13. The Balaban J connectivity index is 1.91. The van der Waals surface area contributed by atoms with Crippen molar-refractivity contribution < 1.29 is 15.3 Å². The van der Waals surface area contributed by atoms with Gasteiger partial charge in [-0.1, -0.05) is 35.3 Å². The van der Waals surface area contributed by atoms with Crippen molar-refractivity contribution in [2.75, 3.05) is 17.7 Å². The van der Waals surface area contributed by atoms with Gasteiger partial charge in [0.1, 0.15) is 11.8 Å². The molecule has 0 spiro atoms. The maximum Gasteiger partial charge on any atom is 0.223 e. The number of rotatable bonds is 5. The standard InChI is InChI=1S/C16H18Cl2N6O3/c17-8-3-1-2-4-9(8)23-24-11-14(18)21-16(19)22-15(11)20-10-5-7(6-25)12(26)13(10)27/h1-4,7,10,12-13,25-27H,5-6H2,(H3,19,20,21,22)/b24-23+/t7-,10-,12-,13+/m1/s1. The van der Waals surface area contributed by atoms with E-state index in [4.69, 9.17) is 28.9 Å². The minimum absolute atomic E-state index is 0.0347. The van der Waals surface area contributed by atoms with E-state index in [0.29, 0.717) is 17.1 Å². The van der Waals surface area contributed by atoms with Crippen LogP contribution in [0.25, 0.3) is 0 Å². The second-order valence-corrected chi connectivity index (χ2v) is 6.90. The predicted molar refractivity (Wildman–Crippen MR) is 102 cm³/mol. The number of azo groups is 1. The Kier molecular flexibility index (Phi) is 6.08. The van der Waals surface area contributed by atoms with Gasteiger partial charge in [-0.25, -0.2) is 0 Å². The number of aliphatic hydroxyl groups is 3. The molecule has 1 heterocycles. The molecule has 3 rings (SSSR count). The fourth-order valence-corrected chi connectivity index (χ4v) is 3.28. The fourth-order valence-electron chi connectivity index (χ4n) is 2.89. The second kappa shape index (κ2) is 8.32. The first kappa shape index (κ1) is 19.7. The summed E-state index contributed by atoms with van der Waals surface area (Å²) in [6, 6.07) is 6.27. The van der Waals surface area contributed by atoms with E-state index in [1.807, 2.05) is 0 Å². The molecule has 0 saturated heterocycles. The van der Waals surface area contributed by atoms with E-state index in [2.05, 4.69) is 25.5 Å². The lowest BCUT2D eigenvalue weighted by atomic mass is 10.1. The number of halogens is 2. The van der Waals surface area contributed by atoms with Crippen LogP contribution in [0.3, 0.4) is 0 Å². The van der Waals surface area contributed by atoms with Crippen molar-refractivity contribution in [1.82, 2.24) is 9.97 Å². The van der Waals surface area contributed by atoms with E-state index >= 15 is 0 Å². The molecule has 6 N–H and O–H groups in total. The molecule has 1 aromatic carbocycles. The largest absolute Gasteiger partial charge is 0.396 e. The van der Waals surface area contributed by atoms with Crippen molar-refractivity contribution in [3.8, 4) is 0 Å². The maximum absolute atomic E-state index is 10.2. The van der Waals surface area contributed by atoms with Gasteiger partial charge < -0.3 is 26.4 Å². The normalized spacial score (nSPS) is 25.2. The van der Waals surface area contributed by atoms with Gasteiger partial charge in [0, 0.05) is 12.5 Å². The molecule has 0 amide bonds. The third-order valence-corrected chi connectivity index (χ3v) is 4.91. The van der Waals surface area contributed by atoms with Gasteiger partial charge in [0.2, 0.25) is 5.95 Å². The van der Waals surface area contributed by atoms with Crippen LogP contribution in [0.15, 0.2) is 34.5 Å².